The van der Waals surface area contributed by atoms with Gasteiger partial charge in [-0.15, -0.1) is 0 Å². The number of benzene rings is 2. The maximum absolute atomic E-state index is 12.8. The van der Waals surface area contributed by atoms with Gasteiger partial charge in [0.2, 0.25) is 11.8 Å². The number of ether oxygens (including phenoxy) is 1. The van der Waals surface area contributed by atoms with Crippen LogP contribution in [0.3, 0.4) is 0 Å². The van der Waals surface area contributed by atoms with Crippen LogP contribution >= 0.6 is 0 Å². The fourth-order valence-corrected chi connectivity index (χ4v) is 4.80. The second-order valence-electron chi connectivity index (χ2n) is 8.32. The molecule has 1 N–H and O–H groups in total. The summed E-state index contributed by atoms with van der Waals surface area (Å²) in [7, 11) is 0. The average molecular weight is 404 g/mol. The minimum atomic E-state index is -0.580. The van der Waals surface area contributed by atoms with E-state index in [1.165, 1.54) is 5.56 Å². The summed E-state index contributed by atoms with van der Waals surface area (Å²) < 4.78 is 6.19. The van der Waals surface area contributed by atoms with Crippen LogP contribution in [0.2, 0.25) is 0 Å². The first kappa shape index (κ1) is 19.0. The van der Waals surface area contributed by atoms with Gasteiger partial charge in [-0.1, -0.05) is 42.5 Å². The van der Waals surface area contributed by atoms with Crippen molar-refractivity contribution in [3.8, 4) is 0 Å². The summed E-state index contributed by atoms with van der Waals surface area (Å²) in [5.41, 5.74) is 3.96. The Morgan fingerprint density at radius 2 is 1.77 bits per heavy atom. The molecule has 6 heteroatoms. The number of rotatable bonds is 3. The van der Waals surface area contributed by atoms with Crippen molar-refractivity contribution in [2.45, 2.75) is 50.3 Å². The number of hydrogen-bond acceptors (Lipinski definition) is 4. The summed E-state index contributed by atoms with van der Waals surface area (Å²) in [6.45, 7) is 1.08. The van der Waals surface area contributed by atoms with E-state index in [-0.39, 0.29) is 30.2 Å². The van der Waals surface area contributed by atoms with Gasteiger partial charge in [0.25, 0.3) is 5.91 Å². The first-order valence-corrected chi connectivity index (χ1v) is 10.5. The summed E-state index contributed by atoms with van der Waals surface area (Å²) >= 11 is 0. The predicted octanol–water partition coefficient (Wildman–Crippen LogP) is 3.08. The van der Waals surface area contributed by atoms with Gasteiger partial charge in [0, 0.05) is 24.4 Å². The van der Waals surface area contributed by atoms with Crippen molar-refractivity contribution in [3.63, 3.8) is 0 Å². The van der Waals surface area contributed by atoms with Gasteiger partial charge in [-0.05, 0) is 42.0 Å². The van der Waals surface area contributed by atoms with Crippen molar-refractivity contribution in [2.75, 3.05) is 6.61 Å². The monoisotopic (exact) mass is 404 g/mol. The van der Waals surface area contributed by atoms with E-state index in [4.69, 9.17) is 4.74 Å². The van der Waals surface area contributed by atoms with Crippen molar-refractivity contribution < 1.29 is 19.1 Å². The normalized spacial score (nSPS) is 26.5. The number of carbonyl (C=O) groups excluding carboxylic acids is 3. The SMILES string of the molecule is O=C1CCC(N2Cc3cc(C4CCC(c5ccccc5)CO4)ccc3C2=O)C(=O)N1. The zero-order chi connectivity index (χ0) is 20.7. The number of carbonyl (C=O) groups is 3. The lowest BCUT2D eigenvalue weighted by Gasteiger charge is -2.30. The van der Waals surface area contributed by atoms with Gasteiger partial charge in [-0.2, -0.15) is 0 Å². The molecule has 3 aliphatic rings. The molecule has 2 aromatic rings. The molecule has 3 atom stereocenters. The Hall–Kier alpha value is -2.99. The van der Waals surface area contributed by atoms with Gasteiger partial charge < -0.3 is 9.64 Å². The van der Waals surface area contributed by atoms with Crippen LogP contribution in [0.5, 0.6) is 0 Å². The van der Waals surface area contributed by atoms with Crippen LogP contribution in [0, 0.1) is 0 Å². The van der Waals surface area contributed by atoms with E-state index in [2.05, 4.69) is 29.6 Å². The molecule has 3 heterocycles. The Bertz CT molecular complexity index is 996. The summed E-state index contributed by atoms with van der Waals surface area (Å²) in [5, 5.41) is 2.34. The van der Waals surface area contributed by atoms with Crippen LogP contribution in [-0.4, -0.2) is 35.3 Å². The smallest absolute Gasteiger partial charge is 0.255 e. The molecular weight excluding hydrogens is 380 g/mol. The third-order valence-electron chi connectivity index (χ3n) is 6.47. The molecule has 5 rings (SSSR count). The van der Waals surface area contributed by atoms with E-state index in [1.807, 2.05) is 24.3 Å². The van der Waals surface area contributed by atoms with Gasteiger partial charge in [-0.25, -0.2) is 0 Å². The van der Waals surface area contributed by atoms with Crippen LogP contribution in [0.25, 0.3) is 0 Å². The number of piperidine rings is 1. The van der Waals surface area contributed by atoms with Crippen LogP contribution in [0.1, 0.15) is 64.8 Å². The van der Waals surface area contributed by atoms with E-state index in [9.17, 15) is 14.4 Å². The molecule has 0 radical (unpaired) electrons. The Balaban J connectivity index is 1.28. The third kappa shape index (κ3) is 3.41. The maximum Gasteiger partial charge on any atom is 0.255 e. The van der Waals surface area contributed by atoms with Crippen molar-refractivity contribution in [1.82, 2.24) is 10.2 Å². The quantitative estimate of drug-likeness (QED) is 0.798. The summed E-state index contributed by atoms with van der Waals surface area (Å²) in [5.74, 6) is -0.373. The Labute approximate surface area is 175 Å². The predicted molar refractivity (Wildman–Crippen MR) is 110 cm³/mol. The first-order valence-electron chi connectivity index (χ1n) is 10.5. The first-order chi connectivity index (χ1) is 14.6. The molecule has 2 aromatic carbocycles. The molecule has 2 fully saturated rings. The third-order valence-corrected chi connectivity index (χ3v) is 6.47. The fourth-order valence-electron chi connectivity index (χ4n) is 4.80. The highest BCUT2D eigenvalue weighted by molar-refractivity contribution is 6.05. The molecule has 2 saturated heterocycles. The minimum Gasteiger partial charge on any atom is -0.373 e. The maximum atomic E-state index is 12.8. The lowest BCUT2D eigenvalue weighted by molar-refractivity contribution is -0.136. The van der Waals surface area contributed by atoms with E-state index < -0.39 is 6.04 Å². The van der Waals surface area contributed by atoms with Gasteiger partial charge >= 0.3 is 0 Å². The topological polar surface area (TPSA) is 75.7 Å². The molecule has 6 nitrogen and oxygen atoms in total. The average Bonchev–Trinajstić information content (AvgIpc) is 3.10. The summed E-state index contributed by atoms with van der Waals surface area (Å²) in [6, 6.07) is 15.7. The van der Waals surface area contributed by atoms with Crippen molar-refractivity contribution in [3.05, 3.63) is 70.8 Å². The second kappa shape index (κ2) is 7.69. The van der Waals surface area contributed by atoms with Gasteiger partial charge in [0.15, 0.2) is 0 Å². The molecule has 0 aliphatic carbocycles. The van der Waals surface area contributed by atoms with Gasteiger partial charge in [-0.3, -0.25) is 19.7 Å². The summed E-state index contributed by atoms with van der Waals surface area (Å²) in [6.07, 6.45) is 2.66. The largest absolute Gasteiger partial charge is 0.373 e. The highest BCUT2D eigenvalue weighted by Gasteiger charge is 2.39. The molecule has 3 aliphatic heterocycles. The number of hydrogen-bond donors (Lipinski definition) is 1. The zero-order valence-corrected chi connectivity index (χ0v) is 16.7. The zero-order valence-electron chi connectivity index (χ0n) is 16.7. The van der Waals surface area contributed by atoms with E-state index in [0.29, 0.717) is 31.1 Å². The van der Waals surface area contributed by atoms with Crippen LogP contribution in [0.15, 0.2) is 48.5 Å². The van der Waals surface area contributed by atoms with Crippen LogP contribution < -0.4 is 5.32 Å². The highest BCUT2D eigenvalue weighted by atomic mass is 16.5. The molecular formula is C24H24N2O4. The Kier molecular flexibility index (Phi) is 4.87. The summed E-state index contributed by atoms with van der Waals surface area (Å²) in [4.78, 5) is 38.0. The number of fused-ring (bicyclic) bond motifs is 1. The second-order valence-corrected chi connectivity index (χ2v) is 8.32. The molecule has 0 aromatic heterocycles. The van der Waals surface area contributed by atoms with Gasteiger partial charge in [0.05, 0.1) is 12.7 Å². The standard InChI is InChI=1S/C24H24N2O4/c27-22-11-9-20(23(28)25-22)26-13-18-12-16(6-8-19(18)24(26)29)21-10-7-17(14-30-21)15-4-2-1-3-5-15/h1-6,8,12,17,20-21H,7,9-11,13-14H2,(H,25,27,28). The van der Waals surface area contributed by atoms with Crippen molar-refractivity contribution >= 4 is 17.7 Å². The van der Waals surface area contributed by atoms with Crippen molar-refractivity contribution in [2.24, 2.45) is 0 Å². The van der Waals surface area contributed by atoms with E-state index >= 15 is 0 Å². The molecule has 0 bridgehead atoms. The van der Waals surface area contributed by atoms with E-state index in [1.54, 1.807) is 4.90 Å². The van der Waals surface area contributed by atoms with E-state index in [0.717, 1.165) is 24.0 Å². The minimum absolute atomic E-state index is 0.0232. The Morgan fingerprint density at radius 1 is 0.933 bits per heavy atom. The lowest BCUT2D eigenvalue weighted by Crippen LogP contribution is -2.52. The number of amides is 3. The molecule has 3 unspecified atom stereocenters. The van der Waals surface area contributed by atoms with Crippen LogP contribution in [0.4, 0.5) is 0 Å². The van der Waals surface area contributed by atoms with Crippen LogP contribution in [-0.2, 0) is 20.9 Å². The molecule has 154 valence electrons. The Morgan fingerprint density at radius 3 is 2.50 bits per heavy atom. The number of imide groups is 1. The van der Waals surface area contributed by atoms with Gasteiger partial charge in [0.1, 0.15) is 6.04 Å². The lowest BCUT2D eigenvalue weighted by atomic mass is 9.89. The number of nitrogens with zero attached hydrogens (tertiary/aromatic N) is 1. The van der Waals surface area contributed by atoms with Crippen molar-refractivity contribution in [1.29, 1.82) is 0 Å². The highest BCUT2D eigenvalue weighted by Crippen LogP contribution is 2.37. The molecule has 30 heavy (non-hydrogen) atoms. The molecule has 0 saturated carbocycles. The molecule has 3 amide bonds. The number of nitrogens with one attached hydrogen (secondary N) is 1. The fraction of sp³-hybridized carbons (Fsp3) is 0.375. The molecule has 0 spiro atoms.